The van der Waals surface area contributed by atoms with Crippen LogP contribution in [-0.2, 0) is 4.79 Å². The Morgan fingerprint density at radius 3 is 2.33 bits per heavy atom. The SMILES string of the molecule is O=CC1=C(/C=C/c2ccccc2-n2cccc2)CCCC1. The number of rotatable bonds is 4. The first-order valence-corrected chi connectivity index (χ1v) is 7.46. The highest BCUT2D eigenvalue weighted by atomic mass is 16.1. The van der Waals surface area contributed by atoms with Crippen LogP contribution >= 0.6 is 0 Å². The molecule has 1 aliphatic carbocycles. The lowest BCUT2D eigenvalue weighted by Gasteiger charge is -2.14. The summed E-state index contributed by atoms with van der Waals surface area (Å²) in [5, 5.41) is 0. The van der Waals surface area contributed by atoms with Gasteiger partial charge in [-0.2, -0.15) is 0 Å². The smallest absolute Gasteiger partial charge is 0.146 e. The number of aldehydes is 1. The second kappa shape index (κ2) is 6.40. The molecule has 2 heteroatoms. The van der Waals surface area contributed by atoms with Gasteiger partial charge in [0.15, 0.2) is 0 Å². The van der Waals surface area contributed by atoms with Crippen LogP contribution in [-0.4, -0.2) is 10.9 Å². The van der Waals surface area contributed by atoms with Crippen molar-refractivity contribution in [2.24, 2.45) is 0 Å². The van der Waals surface area contributed by atoms with Crippen molar-refractivity contribution in [2.45, 2.75) is 25.7 Å². The zero-order valence-corrected chi connectivity index (χ0v) is 12.0. The van der Waals surface area contributed by atoms with Crippen molar-refractivity contribution in [1.29, 1.82) is 0 Å². The molecule has 0 radical (unpaired) electrons. The second-order valence-electron chi connectivity index (χ2n) is 5.36. The van der Waals surface area contributed by atoms with Gasteiger partial charge in [-0.1, -0.05) is 30.4 Å². The molecule has 0 atom stereocenters. The standard InChI is InChI=1S/C19H19NO/c21-15-18-9-2-1-7-16(18)11-12-17-8-3-4-10-19(17)20-13-5-6-14-20/h3-6,8,10-15H,1-2,7,9H2/b12-11+. The number of carbonyl (C=O) groups is 1. The maximum absolute atomic E-state index is 11.1. The summed E-state index contributed by atoms with van der Waals surface area (Å²) in [5.41, 5.74) is 4.48. The largest absolute Gasteiger partial charge is 0.323 e. The number of hydrogen-bond donors (Lipinski definition) is 0. The van der Waals surface area contributed by atoms with E-state index in [4.69, 9.17) is 0 Å². The molecular weight excluding hydrogens is 258 g/mol. The van der Waals surface area contributed by atoms with Gasteiger partial charge in [-0.3, -0.25) is 4.79 Å². The summed E-state index contributed by atoms with van der Waals surface area (Å²) in [4.78, 5) is 11.1. The molecule has 21 heavy (non-hydrogen) atoms. The van der Waals surface area contributed by atoms with Crippen LogP contribution in [0.15, 0.2) is 66.0 Å². The van der Waals surface area contributed by atoms with E-state index in [-0.39, 0.29) is 0 Å². The van der Waals surface area contributed by atoms with Crippen LogP contribution < -0.4 is 0 Å². The monoisotopic (exact) mass is 277 g/mol. The number of nitrogens with zero attached hydrogens (tertiary/aromatic N) is 1. The van der Waals surface area contributed by atoms with Crippen LogP contribution in [0.3, 0.4) is 0 Å². The van der Waals surface area contributed by atoms with Crippen LogP contribution in [0.5, 0.6) is 0 Å². The van der Waals surface area contributed by atoms with Gasteiger partial charge in [0, 0.05) is 12.4 Å². The molecule has 1 heterocycles. The fourth-order valence-electron chi connectivity index (χ4n) is 2.83. The Balaban J connectivity index is 1.93. The molecule has 0 N–H and O–H groups in total. The number of allylic oxidation sites excluding steroid dienone is 3. The third-order valence-corrected chi connectivity index (χ3v) is 3.98. The Morgan fingerprint density at radius 1 is 0.857 bits per heavy atom. The molecule has 0 saturated heterocycles. The first-order chi connectivity index (χ1) is 10.4. The van der Waals surface area contributed by atoms with Crippen LogP contribution in [0.1, 0.15) is 31.2 Å². The van der Waals surface area contributed by atoms with Crippen LogP contribution in [0, 0.1) is 0 Å². The summed E-state index contributed by atoms with van der Waals surface area (Å²) in [6.45, 7) is 0. The first kappa shape index (κ1) is 13.6. The number of para-hydroxylation sites is 1. The third-order valence-electron chi connectivity index (χ3n) is 3.98. The Hall–Kier alpha value is -2.35. The molecule has 0 aliphatic heterocycles. The molecule has 0 amide bonds. The van der Waals surface area contributed by atoms with Gasteiger partial charge in [0.2, 0.25) is 0 Å². The van der Waals surface area contributed by atoms with Crippen molar-refractivity contribution in [3.63, 3.8) is 0 Å². The van der Waals surface area contributed by atoms with Gasteiger partial charge in [0.1, 0.15) is 6.29 Å². The lowest BCUT2D eigenvalue weighted by atomic mass is 9.92. The number of carbonyl (C=O) groups excluding carboxylic acids is 1. The van der Waals surface area contributed by atoms with Crippen molar-refractivity contribution >= 4 is 12.4 Å². The lowest BCUT2D eigenvalue weighted by molar-refractivity contribution is -0.105. The van der Waals surface area contributed by atoms with Gasteiger partial charge >= 0.3 is 0 Å². The van der Waals surface area contributed by atoms with Crippen LogP contribution in [0.4, 0.5) is 0 Å². The summed E-state index contributed by atoms with van der Waals surface area (Å²) in [5.74, 6) is 0. The zero-order valence-electron chi connectivity index (χ0n) is 12.0. The van der Waals surface area contributed by atoms with E-state index in [1.807, 2.05) is 36.7 Å². The second-order valence-corrected chi connectivity index (χ2v) is 5.36. The number of aromatic nitrogens is 1. The molecule has 1 aliphatic rings. The molecule has 2 aromatic rings. The first-order valence-electron chi connectivity index (χ1n) is 7.46. The minimum atomic E-state index is 0.919. The van der Waals surface area contributed by atoms with E-state index < -0.39 is 0 Å². The van der Waals surface area contributed by atoms with Gasteiger partial charge in [-0.25, -0.2) is 0 Å². The molecule has 0 unspecified atom stereocenters. The number of benzene rings is 1. The van der Waals surface area contributed by atoms with E-state index in [1.165, 1.54) is 12.0 Å². The predicted octanol–water partition coefficient (Wildman–Crippen LogP) is 4.56. The normalized spacial score (nSPS) is 15.6. The molecule has 0 bridgehead atoms. The molecule has 3 rings (SSSR count). The number of hydrogen-bond acceptors (Lipinski definition) is 1. The quantitative estimate of drug-likeness (QED) is 0.751. The highest BCUT2D eigenvalue weighted by Crippen LogP contribution is 2.25. The topological polar surface area (TPSA) is 22.0 Å². The van der Waals surface area contributed by atoms with Gasteiger partial charge in [0.05, 0.1) is 5.69 Å². The third kappa shape index (κ3) is 3.05. The summed E-state index contributed by atoms with van der Waals surface area (Å²) >= 11 is 0. The van der Waals surface area contributed by atoms with Gasteiger partial charge < -0.3 is 4.57 Å². The maximum atomic E-state index is 11.1. The van der Waals surface area contributed by atoms with E-state index in [1.54, 1.807) is 0 Å². The van der Waals surface area contributed by atoms with E-state index >= 15 is 0 Å². The summed E-state index contributed by atoms with van der Waals surface area (Å²) in [7, 11) is 0. The molecule has 2 nitrogen and oxygen atoms in total. The Morgan fingerprint density at radius 2 is 1.57 bits per heavy atom. The van der Waals surface area contributed by atoms with Crippen molar-refractivity contribution in [3.05, 3.63) is 71.6 Å². The minimum Gasteiger partial charge on any atom is -0.323 e. The van der Waals surface area contributed by atoms with Crippen molar-refractivity contribution in [2.75, 3.05) is 0 Å². The lowest BCUT2D eigenvalue weighted by Crippen LogP contribution is -1.99. The molecule has 0 fully saturated rings. The summed E-state index contributed by atoms with van der Waals surface area (Å²) in [6.07, 6.45) is 13.6. The summed E-state index contributed by atoms with van der Waals surface area (Å²) in [6, 6.07) is 12.3. The van der Waals surface area contributed by atoms with Crippen molar-refractivity contribution in [3.8, 4) is 5.69 Å². The average Bonchev–Trinajstić information content (AvgIpc) is 3.08. The van der Waals surface area contributed by atoms with Gasteiger partial charge in [0.25, 0.3) is 0 Å². The van der Waals surface area contributed by atoms with Crippen molar-refractivity contribution in [1.82, 2.24) is 4.57 Å². The molecule has 0 spiro atoms. The summed E-state index contributed by atoms with van der Waals surface area (Å²) < 4.78 is 2.11. The van der Waals surface area contributed by atoms with E-state index in [9.17, 15) is 4.79 Å². The zero-order chi connectivity index (χ0) is 14.5. The van der Waals surface area contributed by atoms with E-state index in [0.29, 0.717) is 0 Å². The highest BCUT2D eigenvalue weighted by molar-refractivity contribution is 5.77. The molecule has 1 aromatic heterocycles. The van der Waals surface area contributed by atoms with Gasteiger partial charge in [-0.05, 0) is 60.6 Å². The van der Waals surface area contributed by atoms with Crippen molar-refractivity contribution < 1.29 is 4.79 Å². The fraction of sp³-hybridized carbons (Fsp3) is 0.211. The Labute approximate surface area is 125 Å². The fourth-order valence-corrected chi connectivity index (χ4v) is 2.83. The molecule has 0 saturated carbocycles. The van der Waals surface area contributed by atoms with Crippen LogP contribution in [0.2, 0.25) is 0 Å². The minimum absolute atomic E-state index is 0.919. The Kier molecular flexibility index (Phi) is 4.15. The average molecular weight is 277 g/mol. The van der Waals surface area contributed by atoms with E-state index in [2.05, 4.69) is 28.9 Å². The maximum Gasteiger partial charge on any atom is 0.146 e. The van der Waals surface area contributed by atoms with Gasteiger partial charge in [-0.15, -0.1) is 0 Å². The highest BCUT2D eigenvalue weighted by Gasteiger charge is 2.09. The molecule has 1 aromatic carbocycles. The van der Waals surface area contributed by atoms with Crippen LogP contribution in [0.25, 0.3) is 11.8 Å². The Bertz CT molecular complexity index is 677. The molecular formula is C19H19NO. The predicted molar refractivity (Wildman–Crippen MR) is 86.4 cm³/mol. The molecule has 106 valence electrons. The van der Waals surface area contributed by atoms with E-state index in [0.717, 1.165) is 42.4 Å².